The maximum atomic E-state index is 5.86. The standard InChI is InChI=1S/C21H28N4/c1-17(20-11-13-23-24-16-20)25(14-12-18-5-3-2-4-6-18)21-9-7-19(15-22)8-10-21/h2-6,11,13,16,19,21H,1,7-10,12,14-15,22H2. The van der Waals surface area contributed by atoms with Crippen molar-refractivity contribution in [2.24, 2.45) is 11.7 Å². The van der Waals surface area contributed by atoms with E-state index in [1.807, 2.05) is 12.3 Å². The van der Waals surface area contributed by atoms with Crippen LogP contribution in [0.4, 0.5) is 0 Å². The quantitative estimate of drug-likeness (QED) is 0.841. The van der Waals surface area contributed by atoms with E-state index in [-0.39, 0.29) is 0 Å². The zero-order valence-electron chi connectivity index (χ0n) is 14.8. The molecule has 4 nitrogen and oxygen atoms in total. The molecule has 1 saturated carbocycles. The number of hydrogen-bond acceptors (Lipinski definition) is 4. The van der Waals surface area contributed by atoms with Gasteiger partial charge in [-0.3, -0.25) is 0 Å². The van der Waals surface area contributed by atoms with Gasteiger partial charge in [-0.2, -0.15) is 10.2 Å². The highest BCUT2D eigenvalue weighted by molar-refractivity contribution is 5.61. The van der Waals surface area contributed by atoms with Crippen LogP contribution in [0.5, 0.6) is 0 Å². The van der Waals surface area contributed by atoms with E-state index >= 15 is 0 Å². The van der Waals surface area contributed by atoms with Crippen molar-refractivity contribution in [3.05, 3.63) is 66.5 Å². The first-order valence-corrected chi connectivity index (χ1v) is 9.24. The average molecular weight is 336 g/mol. The molecule has 0 saturated heterocycles. The molecule has 25 heavy (non-hydrogen) atoms. The van der Waals surface area contributed by atoms with Crippen LogP contribution in [0, 0.1) is 5.92 Å². The molecule has 1 aromatic carbocycles. The van der Waals surface area contributed by atoms with E-state index in [2.05, 4.69) is 52.0 Å². The minimum absolute atomic E-state index is 0.534. The fourth-order valence-corrected chi connectivity index (χ4v) is 3.75. The summed E-state index contributed by atoms with van der Waals surface area (Å²) in [5.74, 6) is 0.683. The summed E-state index contributed by atoms with van der Waals surface area (Å²) < 4.78 is 0. The molecule has 1 heterocycles. The van der Waals surface area contributed by atoms with Crippen molar-refractivity contribution in [2.75, 3.05) is 13.1 Å². The first-order valence-electron chi connectivity index (χ1n) is 9.24. The number of aromatic nitrogens is 2. The van der Waals surface area contributed by atoms with Crippen molar-refractivity contribution >= 4 is 5.70 Å². The maximum absolute atomic E-state index is 5.86. The second-order valence-corrected chi connectivity index (χ2v) is 6.92. The van der Waals surface area contributed by atoms with Gasteiger partial charge in [-0.25, -0.2) is 0 Å². The first kappa shape index (κ1) is 17.6. The molecule has 1 aliphatic rings. The molecule has 0 amide bonds. The maximum Gasteiger partial charge on any atom is 0.0589 e. The molecule has 1 aromatic heterocycles. The average Bonchev–Trinajstić information content (AvgIpc) is 2.70. The summed E-state index contributed by atoms with van der Waals surface area (Å²) in [7, 11) is 0. The van der Waals surface area contributed by atoms with Crippen LogP contribution in [-0.4, -0.2) is 34.2 Å². The van der Waals surface area contributed by atoms with E-state index in [9.17, 15) is 0 Å². The van der Waals surface area contributed by atoms with Crippen LogP contribution in [0.1, 0.15) is 36.8 Å². The minimum Gasteiger partial charge on any atom is -0.368 e. The van der Waals surface area contributed by atoms with Crippen LogP contribution in [0.25, 0.3) is 5.70 Å². The summed E-state index contributed by atoms with van der Waals surface area (Å²) in [6.07, 6.45) is 9.37. The van der Waals surface area contributed by atoms with Crippen molar-refractivity contribution in [3.63, 3.8) is 0 Å². The van der Waals surface area contributed by atoms with Gasteiger partial charge in [-0.15, -0.1) is 0 Å². The number of benzene rings is 1. The van der Waals surface area contributed by atoms with E-state index in [1.165, 1.54) is 31.2 Å². The molecule has 0 aliphatic heterocycles. The Bertz CT molecular complexity index is 648. The van der Waals surface area contributed by atoms with Gasteiger partial charge in [-0.05, 0) is 56.2 Å². The van der Waals surface area contributed by atoms with Crippen molar-refractivity contribution in [2.45, 2.75) is 38.1 Å². The lowest BCUT2D eigenvalue weighted by molar-refractivity contribution is 0.200. The van der Waals surface area contributed by atoms with E-state index in [0.29, 0.717) is 12.0 Å². The topological polar surface area (TPSA) is 55.0 Å². The molecule has 0 unspecified atom stereocenters. The predicted octanol–water partition coefficient (Wildman–Crippen LogP) is 3.51. The number of nitrogens with two attached hydrogens (primary N) is 1. The summed E-state index contributed by atoms with van der Waals surface area (Å²) in [6, 6.07) is 13.2. The Morgan fingerprint density at radius 3 is 2.48 bits per heavy atom. The van der Waals surface area contributed by atoms with E-state index < -0.39 is 0 Å². The third-order valence-electron chi connectivity index (χ3n) is 5.34. The number of nitrogens with zero attached hydrogens (tertiary/aromatic N) is 3. The van der Waals surface area contributed by atoms with Crippen molar-refractivity contribution in [3.8, 4) is 0 Å². The van der Waals surface area contributed by atoms with Gasteiger partial charge in [0.1, 0.15) is 0 Å². The lowest BCUT2D eigenvalue weighted by Gasteiger charge is -2.39. The van der Waals surface area contributed by atoms with Crippen LogP contribution >= 0.6 is 0 Å². The predicted molar refractivity (Wildman–Crippen MR) is 103 cm³/mol. The highest BCUT2D eigenvalue weighted by atomic mass is 15.2. The Balaban J connectivity index is 1.72. The lowest BCUT2D eigenvalue weighted by atomic mass is 9.85. The minimum atomic E-state index is 0.534. The number of hydrogen-bond donors (Lipinski definition) is 1. The molecule has 2 aromatic rings. The summed E-state index contributed by atoms with van der Waals surface area (Å²) in [5.41, 5.74) is 9.35. The van der Waals surface area contributed by atoms with Crippen molar-refractivity contribution < 1.29 is 0 Å². The summed E-state index contributed by atoms with van der Waals surface area (Å²) in [5, 5.41) is 7.91. The molecular formula is C21H28N4. The van der Waals surface area contributed by atoms with Gasteiger partial charge >= 0.3 is 0 Å². The molecule has 4 heteroatoms. The second kappa shape index (κ2) is 8.77. The Morgan fingerprint density at radius 2 is 1.84 bits per heavy atom. The highest BCUT2D eigenvalue weighted by Gasteiger charge is 2.26. The van der Waals surface area contributed by atoms with Crippen LogP contribution in [0.15, 0.2) is 55.4 Å². The van der Waals surface area contributed by atoms with Gasteiger partial charge in [0.05, 0.1) is 12.4 Å². The highest BCUT2D eigenvalue weighted by Crippen LogP contribution is 2.31. The largest absolute Gasteiger partial charge is 0.368 e. The molecule has 0 radical (unpaired) electrons. The molecule has 1 fully saturated rings. The van der Waals surface area contributed by atoms with E-state index in [4.69, 9.17) is 5.73 Å². The first-order chi connectivity index (χ1) is 12.3. The SMILES string of the molecule is C=C(c1ccnnc1)N(CCc1ccccc1)C1CCC(CN)CC1. The normalized spacial score (nSPS) is 20.2. The Hall–Kier alpha value is -2.20. The van der Waals surface area contributed by atoms with E-state index in [0.717, 1.165) is 30.8 Å². The fraction of sp³-hybridized carbons (Fsp3) is 0.429. The zero-order chi connectivity index (χ0) is 17.5. The molecule has 1 aliphatic carbocycles. The van der Waals surface area contributed by atoms with Crippen LogP contribution in [-0.2, 0) is 6.42 Å². The summed E-state index contributed by atoms with van der Waals surface area (Å²) in [4.78, 5) is 2.48. The van der Waals surface area contributed by atoms with Crippen molar-refractivity contribution in [1.82, 2.24) is 15.1 Å². The van der Waals surface area contributed by atoms with Gasteiger partial charge in [0.2, 0.25) is 0 Å². The monoisotopic (exact) mass is 336 g/mol. The summed E-state index contributed by atoms with van der Waals surface area (Å²) in [6.45, 7) is 6.17. The Morgan fingerprint density at radius 1 is 1.08 bits per heavy atom. The molecule has 3 rings (SSSR count). The second-order valence-electron chi connectivity index (χ2n) is 6.92. The van der Waals surface area contributed by atoms with E-state index in [1.54, 1.807) is 6.20 Å². The lowest BCUT2D eigenvalue weighted by Crippen LogP contribution is -2.39. The molecule has 132 valence electrons. The Labute approximate surface area is 150 Å². The van der Waals surface area contributed by atoms with Crippen molar-refractivity contribution in [1.29, 1.82) is 0 Å². The molecule has 0 atom stereocenters. The number of rotatable bonds is 7. The van der Waals surface area contributed by atoms with Gasteiger partial charge in [0.15, 0.2) is 0 Å². The van der Waals surface area contributed by atoms with Gasteiger partial charge in [-0.1, -0.05) is 36.9 Å². The summed E-state index contributed by atoms with van der Waals surface area (Å²) >= 11 is 0. The third kappa shape index (κ3) is 4.67. The van der Waals surface area contributed by atoms with Crippen LogP contribution in [0.3, 0.4) is 0 Å². The van der Waals surface area contributed by atoms with Gasteiger partial charge < -0.3 is 10.6 Å². The fourth-order valence-electron chi connectivity index (χ4n) is 3.75. The zero-order valence-corrected chi connectivity index (χ0v) is 14.8. The Kier molecular flexibility index (Phi) is 6.18. The third-order valence-corrected chi connectivity index (χ3v) is 5.34. The molecule has 0 bridgehead atoms. The van der Waals surface area contributed by atoms with Crippen LogP contribution in [0.2, 0.25) is 0 Å². The molecule has 0 spiro atoms. The van der Waals surface area contributed by atoms with Gasteiger partial charge in [0, 0.05) is 23.8 Å². The van der Waals surface area contributed by atoms with Crippen LogP contribution < -0.4 is 5.73 Å². The molecule has 2 N–H and O–H groups in total. The van der Waals surface area contributed by atoms with Gasteiger partial charge in [0.25, 0.3) is 0 Å². The smallest absolute Gasteiger partial charge is 0.0589 e. The molecular weight excluding hydrogens is 308 g/mol.